The van der Waals surface area contributed by atoms with E-state index in [9.17, 15) is 9.18 Å². The molecule has 1 fully saturated rings. The lowest BCUT2D eigenvalue weighted by Gasteiger charge is -2.23. The fraction of sp³-hybridized carbons (Fsp3) is 0.316. The van der Waals surface area contributed by atoms with Crippen molar-refractivity contribution < 1.29 is 13.9 Å². The van der Waals surface area contributed by atoms with Gasteiger partial charge in [-0.2, -0.15) is 0 Å². The molecule has 2 aromatic carbocycles. The predicted molar refractivity (Wildman–Crippen MR) is 97.8 cm³/mol. The van der Waals surface area contributed by atoms with Crippen molar-refractivity contribution in [2.45, 2.75) is 25.5 Å². The number of ether oxygens (including phenoxy) is 1. The Bertz CT molecular complexity index is 705. The number of amides is 1. The Balaban J connectivity index is 0.00000225. The van der Waals surface area contributed by atoms with Gasteiger partial charge in [-0.15, -0.1) is 12.4 Å². The molecule has 6 heteroatoms. The summed E-state index contributed by atoms with van der Waals surface area (Å²) in [6.07, 6.45) is 1.90. The summed E-state index contributed by atoms with van der Waals surface area (Å²) < 4.78 is 18.7. The number of carbonyl (C=O) groups is 1. The average molecular weight is 365 g/mol. The van der Waals surface area contributed by atoms with Crippen molar-refractivity contribution in [3.63, 3.8) is 0 Å². The van der Waals surface area contributed by atoms with Gasteiger partial charge in [0, 0.05) is 17.7 Å². The van der Waals surface area contributed by atoms with E-state index in [1.165, 1.54) is 12.1 Å². The van der Waals surface area contributed by atoms with Crippen molar-refractivity contribution >= 4 is 18.3 Å². The molecule has 0 bridgehead atoms. The van der Waals surface area contributed by atoms with Crippen LogP contribution in [0.25, 0.3) is 0 Å². The molecule has 2 aromatic rings. The van der Waals surface area contributed by atoms with E-state index in [2.05, 4.69) is 10.6 Å². The lowest BCUT2D eigenvalue weighted by Crippen LogP contribution is -2.42. The van der Waals surface area contributed by atoms with Crippen molar-refractivity contribution in [2.24, 2.45) is 0 Å². The van der Waals surface area contributed by atoms with Gasteiger partial charge >= 0.3 is 0 Å². The van der Waals surface area contributed by atoms with E-state index in [-0.39, 0.29) is 36.8 Å². The summed E-state index contributed by atoms with van der Waals surface area (Å²) in [5, 5.41) is 6.35. The van der Waals surface area contributed by atoms with Crippen molar-refractivity contribution in [3.05, 3.63) is 65.5 Å². The van der Waals surface area contributed by atoms with E-state index in [0.717, 1.165) is 31.5 Å². The van der Waals surface area contributed by atoms with Crippen LogP contribution in [-0.2, 0) is 6.61 Å². The van der Waals surface area contributed by atoms with Gasteiger partial charge in [-0.1, -0.05) is 18.2 Å². The van der Waals surface area contributed by atoms with Gasteiger partial charge in [0.25, 0.3) is 5.91 Å². The number of benzene rings is 2. The Morgan fingerprint density at radius 1 is 1.16 bits per heavy atom. The van der Waals surface area contributed by atoms with E-state index in [1.807, 2.05) is 18.2 Å². The zero-order valence-electron chi connectivity index (χ0n) is 13.8. The van der Waals surface area contributed by atoms with Crippen molar-refractivity contribution in [3.8, 4) is 5.75 Å². The largest absolute Gasteiger partial charge is 0.489 e. The van der Waals surface area contributed by atoms with Gasteiger partial charge in [0.2, 0.25) is 0 Å². The number of piperidine rings is 1. The molecule has 1 saturated heterocycles. The summed E-state index contributed by atoms with van der Waals surface area (Å²) in [5.41, 5.74) is 1.49. The van der Waals surface area contributed by atoms with Crippen LogP contribution in [0.1, 0.15) is 28.8 Å². The molecule has 0 radical (unpaired) electrons. The number of nitrogens with one attached hydrogen (secondary N) is 2. The summed E-state index contributed by atoms with van der Waals surface area (Å²) in [6.45, 7) is 2.16. The second-order valence-electron chi connectivity index (χ2n) is 5.94. The third-order valence-electron chi connectivity index (χ3n) is 4.07. The molecule has 25 heavy (non-hydrogen) atoms. The molecular weight excluding hydrogens is 343 g/mol. The highest BCUT2D eigenvalue weighted by atomic mass is 35.5. The maximum absolute atomic E-state index is 13.1. The van der Waals surface area contributed by atoms with Crippen LogP contribution >= 0.6 is 12.4 Å². The van der Waals surface area contributed by atoms with Crippen LogP contribution in [0.3, 0.4) is 0 Å². The van der Waals surface area contributed by atoms with Crippen LogP contribution < -0.4 is 15.4 Å². The minimum absolute atomic E-state index is 0. The highest BCUT2D eigenvalue weighted by molar-refractivity contribution is 5.94. The monoisotopic (exact) mass is 364 g/mol. The topological polar surface area (TPSA) is 50.4 Å². The molecule has 134 valence electrons. The molecule has 0 aliphatic carbocycles. The Kier molecular flexibility index (Phi) is 7.22. The van der Waals surface area contributed by atoms with Gasteiger partial charge in [0.1, 0.15) is 18.2 Å². The highest BCUT2D eigenvalue weighted by Crippen LogP contribution is 2.15. The second kappa shape index (κ2) is 9.39. The Labute approximate surface area is 153 Å². The zero-order valence-corrected chi connectivity index (χ0v) is 14.7. The molecule has 2 N–H and O–H groups in total. The number of halogens is 2. The van der Waals surface area contributed by atoms with E-state index in [1.54, 1.807) is 18.2 Å². The van der Waals surface area contributed by atoms with Crippen molar-refractivity contribution in [2.75, 3.05) is 13.1 Å². The first-order valence-corrected chi connectivity index (χ1v) is 8.19. The number of hydrogen-bond donors (Lipinski definition) is 2. The summed E-state index contributed by atoms with van der Waals surface area (Å²) in [5.74, 6) is 0.0802. The summed E-state index contributed by atoms with van der Waals surface area (Å²) >= 11 is 0. The average Bonchev–Trinajstić information content (AvgIpc) is 2.61. The first-order valence-electron chi connectivity index (χ1n) is 8.19. The zero-order chi connectivity index (χ0) is 16.8. The maximum Gasteiger partial charge on any atom is 0.251 e. The molecule has 0 unspecified atom stereocenters. The molecule has 3 rings (SSSR count). The first-order chi connectivity index (χ1) is 11.7. The van der Waals surface area contributed by atoms with Crippen LogP contribution in [0.15, 0.2) is 48.5 Å². The quantitative estimate of drug-likeness (QED) is 0.855. The third-order valence-corrected chi connectivity index (χ3v) is 4.07. The molecule has 0 spiro atoms. The number of rotatable bonds is 5. The maximum atomic E-state index is 13.1. The summed E-state index contributed by atoms with van der Waals surface area (Å²) in [6, 6.07) is 13.6. The van der Waals surface area contributed by atoms with Crippen molar-refractivity contribution in [1.82, 2.24) is 10.6 Å². The smallest absolute Gasteiger partial charge is 0.251 e. The molecule has 1 heterocycles. The molecular formula is C19H22ClFN2O2. The van der Waals surface area contributed by atoms with Gasteiger partial charge in [-0.25, -0.2) is 4.39 Å². The van der Waals surface area contributed by atoms with Gasteiger partial charge in [-0.05, 0) is 55.8 Å². The predicted octanol–water partition coefficient (Wildman–Crippen LogP) is 3.31. The van der Waals surface area contributed by atoms with Gasteiger partial charge in [0.15, 0.2) is 0 Å². The molecule has 1 aliphatic heterocycles. The summed E-state index contributed by atoms with van der Waals surface area (Å²) in [7, 11) is 0. The second-order valence-corrected chi connectivity index (χ2v) is 5.94. The van der Waals surface area contributed by atoms with E-state index < -0.39 is 0 Å². The molecule has 0 atom stereocenters. The SMILES string of the molecule is Cl.O=C(NC1CCNCC1)c1cccc(COc2cccc(F)c2)c1. The third kappa shape index (κ3) is 5.73. The van der Waals surface area contributed by atoms with Crippen LogP contribution in [0.2, 0.25) is 0 Å². The van der Waals surface area contributed by atoms with Gasteiger partial charge < -0.3 is 15.4 Å². The number of carbonyl (C=O) groups excluding carboxylic acids is 1. The van der Waals surface area contributed by atoms with Crippen LogP contribution in [-0.4, -0.2) is 25.0 Å². The lowest BCUT2D eigenvalue weighted by atomic mass is 10.1. The van der Waals surface area contributed by atoms with E-state index in [0.29, 0.717) is 11.3 Å². The Morgan fingerprint density at radius 2 is 1.92 bits per heavy atom. The minimum Gasteiger partial charge on any atom is -0.489 e. The molecule has 4 nitrogen and oxygen atoms in total. The molecule has 0 saturated carbocycles. The molecule has 0 aromatic heterocycles. The van der Waals surface area contributed by atoms with E-state index >= 15 is 0 Å². The van der Waals surface area contributed by atoms with Crippen LogP contribution in [0.5, 0.6) is 5.75 Å². The first kappa shape index (κ1) is 19.2. The minimum atomic E-state index is -0.331. The summed E-state index contributed by atoms with van der Waals surface area (Å²) in [4.78, 5) is 12.4. The normalized spacial score (nSPS) is 14.4. The standard InChI is InChI=1S/C19H21FN2O2.ClH/c20-16-5-2-6-18(12-16)24-13-14-3-1-4-15(11-14)19(23)22-17-7-9-21-10-8-17;/h1-6,11-12,17,21H,7-10,13H2,(H,22,23);1H. The van der Waals surface area contributed by atoms with Gasteiger partial charge in [-0.3, -0.25) is 4.79 Å². The molecule has 1 aliphatic rings. The van der Waals surface area contributed by atoms with Crippen LogP contribution in [0.4, 0.5) is 4.39 Å². The van der Waals surface area contributed by atoms with E-state index in [4.69, 9.17) is 4.74 Å². The Morgan fingerprint density at radius 3 is 2.68 bits per heavy atom. The molecule has 1 amide bonds. The Hall–Kier alpha value is -2.11. The van der Waals surface area contributed by atoms with Gasteiger partial charge in [0.05, 0.1) is 0 Å². The van der Waals surface area contributed by atoms with Crippen molar-refractivity contribution in [1.29, 1.82) is 0 Å². The fourth-order valence-electron chi connectivity index (χ4n) is 2.76. The fourth-order valence-corrected chi connectivity index (χ4v) is 2.76. The number of hydrogen-bond acceptors (Lipinski definition) is 3. The van der Waals surface area contributed by atoms with Crippen LogP contribution in [0, 0.1) is 5.82 Å². The highest BCUT2D eigenvalue weighted by Gasteiger charge is 2.16. The lowest BCUT2D eigenvalue weighted by molar-refractivity contribution is 0.0929.